The predicted octanol–water partition coefficient (Wildman–Crippen LogP) is 3.84. The third-order valence-electron chi connectivity index (χ3n) is 2.39. The topological polar surface area (TPSA) is 67.8 Å². The first-order valence-corrected chi connectivity index (χ1v) is 7.29. The van der Waals surface area contributed by atoms with Crippen LogP contribution in [0.25, 0.3) is 0 Å². The number of benzene rings is 1. The zero-order valence-corrected chi connectivity index (χ0v) is 12.8. The first kappa shape index (κ1) is 14.2. The molecule has 0 fully saturated rings. The van der Waals surface area contributed by atoms with Crippen molar-refractivity contribution in [3.8, 4) is 5.75 Å². The molecular weight excluding hydrogens is 352 g/mol. The third kappa shape index (κ3) is 3.20. The summed E-state index contributed by atoms with van der Waals surface area (Å²) >= 11 is 11.0. The van der Waals surface area contributed by atoms with Crippen LogP contribution in [0.2, 0.25) is 5.02 Å². The molecule has 2 aromatic rings. The van der Waals surface area contributed by atoms with E-state index in [2.05, 4.69) is 21.1 Å². The molecule has 4 nitrogen and oxygen atoms in total. The van der Waals surface area contributed by atoms with Gasteiger partial charge in [-0.05, 0) is 39.5 Å². The molecule has 0 bridgehead atoms. The Labute approximate surface area is 127 Å². The van der Waals surface area contributed by atoms with Crippen molar-refractivity contribution in [2.75, 3.05) is 0 Å². The van der Waals surface area contributed by atoms with Crippen LogP contribution in [0, 0.1) is 0 Å². The minimum atomic E-state index is -0.0779. The molecule has 1 aromatic carbocycles. The zero-order valence-electron chi connectivity index (χ0n) is 9.64. The average Bonchev–Trinajstić information content (AvgIpc) is 2.81. The van der Waals surface area contributed by atoms with Gasteiger partial charge in [0, 0.05) is 4.47 Å². The summed E-state index contributed by atoms with van der Waals surface area (Å²) in [5.41, 5.74) is 5.99. The van der Waals surface area contributed by atoms with Crippen molar-refractivity contribution in [2.45, 2.75) is 6.61 Å². The normalized spacial score (nSPS) is 11.6. The fourth-order valence-electron chi connectivity index (χ4n) is 1.49. The Hall–Kier alpha value is -1.24. The number of nitrogens with zero attached hydrogens (tertiary/aromatic N) is 1. The average molecular weight is 362 g/mol. The molecule has 2 rings (SSSR count). The van der Waals surface area contributed by atoms with E-state index in [0.717, 1.165) is 9.35 Å². The number of ether oxygens (including phenoxy) is 1. The van der Waals surface area contributed by atoms with Gasteiger partial charge in [0.25, 0.3) is 0 Å². The van der Waals surface area contributed by atoms with E-state index in [-0.39, 0.29) is 5.84 Å². The molecule has 0 saturated heterocycles. The zero-order chi connectivity index (χ0) is 13.8. The van der Waals surface area contributed by atoms with Gasteiger partial charge >= 0.3 is 0 Å². The second kappa shape index (κ2) is 6.27. The van der Waals surface area contributed by atoms with Gasteiger partial charge < -0.3 is 15.7 Å². The first-order chi connectivity index (χ1) is 9.13. The number of rotatable bonds is 4. The highest BCUT2D eigenvalue weighted by Gasteiger charge is 2.13. The standard InChI is InChI=1S/C12H10BrClN2O2S/c13-7-4-5-19-10(7)6-18-9-3-1-2-8(14)11(9)12(15)16-17/h1-5,17H,6H2,(H2,15,16). The highest BCUT2D eigenvalue weighted by atomic mass is 79.9. The number of amidine groups is 1. The Morgan fingerprint density at radius 3 is 2.89 bits per heavy atom. The molecule has 0 saturated carbocycles. The molecule has 1 aromatic heterocycles. The van der Waals surface area contributed by atoms with Crippen LogP contribution in [0.5, 0.6) is 5.75 Å². The van der Waals surface area contributed by atoms with Crippen molar-refractivity contribution < 1.29 is 9.94 Å². The van der Waals surface area contributed by atoms with Crippen molar-refractivity contribution in [3.63, 3.8) is 0 Å². The maximum atomic E-state index is 8.78. The lowest BCUT2D eigenvalue weighted by Gasteiger charge is -2.11. The molecule has 1 heterocycles. The van der Waals surface area contributed by atoms with Crippen LogP contribution in [0.4, 0.5) is 0 Å². The van der Waals surface area contributed by atoms with E-state index in [1.54, 1.807) is 29.5 Å². The van der Waals surface area contributed by atoms with Crippen molar-refractivity contribution in [1.29, 1.82) is 0 Å². The van der Waals surface area contributed by atoms with Gasteiger partial charge in [0.15, 0.2) is 5.84 Å². The summed E-state index contributed by atoms with van der Waals surface area (Å²) in [5, 5.41) is 14.1. The molecular formula is C12H10BrClN2O2S. The van der Waals surface area contributed by atoms with E-state index in [0.29, 0.717) is 22.9 Å². The highest BCUT2D eigenvalue weighted by Crippen LogP contribution is 2.29. The Morgan fingerprint density at radius 2 is 2.26 bits per heavy atom. The Morgan fingerprint density at radius 1 is 1.47 bits per heavy atom. The maximum Gasteiger partial charge on any atom is 0.175 e. The molecule has 100 valence electrons. The fraction of sp³-hybridized carbons (Fsp3) is 0.0833. The highest BCUT2D eigenvalue weighted by molar-refractivity contribution is 9.10. The lowest BCUT2D eigenvalue weighted by molar-refractivity contribution is 0.305. The first-order valence-electron chi connectivity index (χ1n) is 5.24. The van der Waals surface area contributed by atoms with Crippen molar-refractivity contribution in [1.82, 2.24) is 0 Å². The van der Waals surface area contributed by atoms with Gasteiger partial charge in [-0.25, -0.2) is 0 Å². The molecule has 0 aliphatic rings. The summed E-state index contributed by atoms with van der Waals surface area (Å²) in [6.07, 6.45) is 0. The fourth-order valence-corrected chi connectivity index (χ4v) is 3.14. The quantitative estimate of drug-likeness (QED) is 0.376. The summed E-state index contributed by atoms with van der Waals surface area (Å²) in [7, 11) is 0. The maximum absolute atomic E-state index is 8.78. The Balaban J connectivity index is 2.26. The number of halogens is 2. The van der Waals surface area contributed by atoms with Crippen molar-refractivity contribution >= 4 is 44.7 Å². The van der Waals surface area contributed by atoms with E-state index in [9.17, 15) is 0 Å². The molecule has 0 spiro atoms. The van der Waals surface area contributed by atoms with Gasteiger partial charge in [-0.15, -0.1) is 11.3 Å². The molecule has 0 amide bonds. The summed E-state index contributed by atoms with van der Waals surface area (Å²) in [6, 6.07) is 7.07. The Kier molecular flexibility index (Phi) is 4.68. The van der Waals surface area contributed by atoms with Crippen molar-refractivity contribution in [3.05, 3.63) is 49.6 Å². The molecule has 3 N–H and O–H groups in total. The molecule has 0 unspecified atom stereocenters. The van der Waals surface area contributed by atoms with Crippen molar-refractivity contribution in [2.24, 2.45) is 10.9 Å². The monoisotopic (exact) mass is 360 g/mol. The second-order valence-electron chi connectivity index (χ2n) is 3.58. The van der Waals surface area contributed by atoms with E-state index >= 15 is 0 Å². The van der Waals surface area contributed by atoms with Crippen LogP contribution in [-0.4, -0.2) is 11.0 Å². The van der Waals surface area contributed by atoms with E-state index in [4.69, 9.17) is 27.3 Å². The molecule has 0 radical (unpaired) electrons. The van der Waals surface area contributed by atoms with Gasteiger partial charge in [0.2, 0.25) is 0 Å². The lowest BCUT2D eigenvalue weighted by atomic mass is 10.2. The summed E-state index contributed by atoms with van der Waals surface area (Å²) in [5.74, 6) is 0.397. The van der Waals surface area contributed by atoms with Gasteiger partial charge in [-0.3, -0.25) is 0 Å². The van der Waals surface area contributed by atoms with Crippen LogP contribution < -0.4 is 10.5 Å². The number of hydrogen-bond acceptors (Lipinski definition) is 4. The molecule has 0 aliphatic heterocycles. The van der Waals surface area contributed by atoms with E-state index < -0.39 is 0 Å². The van der Waals surface area contributed by atoms with Crippen LogP contribution in [0.3, 0.4) is 0 Å². The minimum Gasteiger partial charge on any atom is -0.487 e. The molecule has 19 heavy (non-hydrogen) atoms. The SMILES string of the molecule is N/C(=N/O)c1c(Cl)cccc1OCc1sccc1Br. The van der Waals surface area contributed by atoms with E-state index in [1.165, 1.54) is 0 Å². The third-order valence-corrected chi connectivity index (χ3v) is 4.60. The van der Waals surface area contributed by atoms with Gasteiger partial charge in [-0.1, -0.05) is 22.8 Å². The van der Waals surface area contributed by atoms with Crippen LogP contribution >= 0.6 is 38.9 Å². The van der Waals surface area contributed by atoms with Gasteiger partial charge in [0.1, 0.15) is 12.4 Å². The minimum absolute atomic E-state index is 0.0779. The molecule has 0 aliphatic carbocycles. The number of oxime groups is 1. The molecule has 0 atom stereocenters. The van der Waals surface area contributed by atoms with Crippen LogP contribution in [0.15, 0.2) is 39.3 Å². The van der Waals surface area contributed by atoms with Gasteiger partial charge in [0.05, 0.1) is 15.5 Å². The second-order valence-corrected chi connectivity index (χ2v) is 5.84. The van der Waals surface area contributed by atoms with E-state index in [1.807, 2.05) is 11.4 Å². The number of thiophene rings is 1. The Bertz CT molecular complexity index is 616. The smallest absolute Gasteiger partial charge is 0.175 e. The number of nitrogens with two attached hydrogens (primary N) is 1. The van der Waals surface area contributed by atoms with Crippen LogP contribution in [0.1, 0.15) is 10.4 Å². The lowest BCUT2D eigenvalue weighted by Crippen LogP contribution is -2.15. The van der Waals surface area contributed by atoms with Crippen LogP contribution in [-0.2, 0) is 6.61 Å². The molecule has 7 heteroatoms. The summed E-state index contributed by atoms with van der Waals surface area (Å²) in [6.45, 7) is 0.379. The largest absolute Gasteiger partial charge is 0.487 e. The number of hydrogen-bond donors (Lipinski definition) is 2. The predicted molar refractivity (Wildman–Crippen MR) is 80.3 cm³/mol. The summed E-state index contributed by atoms with van der Waals surface area (Å²) < 4.78 is 6.68. The van der Waals surface area contributed by atoms with Gasteiger partial charge in [-0.2, -0.15) is 0 Å². The summed E-state index contributed by atoms with van der Waals surface area (Å²) in [4.78, 5) is 1.05.